The van der Waals surface area contributed by atoms with E-state index in [1.807, 2.05) is 0 Å². The van der Waals surface area contributed by atoms with Gasteiger partial charge in [-0.1, -0.05) is 26.2 Å². The molecule has 0 aromatic heterocycles. The molecule has 0 saturated heterocycles. The zero-order chi connectivity index (χ0) is 31.3. The summed E-state index contributed by atoms with van der Waals surface area (Å²) in [5.74, 6) is -8.99. The summed E-state index contributed by atoms with van der Waals surface area (Å²) in [7, 11) is 0. The first-order valence-corrected chi connectivity index (χ1v) is 13.8. The van der Waals surface area contributed by atoms with E-state index in [9.17, 15) is 39.5 Å². The summed E-state index contributed by atoms with van der Waals surface area (Å²) in [5, 5.41) is 0. The fourth-order valence-corrected chi connectivity index (χ4v) is 6.10. The van der Waals surface area contributed by atoms with Gasteiger partial charge in [0.2, 0.25) is 0 Å². The van der Waals surface area contributed by atoms with Crippen LogP contribution in [0.25, 0.3) is 11.1 Å². The van der Waals surface area contributed by atoms with Crippen molar-refractivity contribution in [2.75, 3.05) is 6.61 Å². The van der Waals surface area contributed by atoms with Crippen LogP contribution in [0.4, 0.5) is 43.9 Å². The van der Waals surface area contributed by atoms with E-state index in [1.165, 1.54) is 12.1 Å². The molecule has 0 radical (unpaired) electrons. The molecular formula is C31H26F10O2. The summed E-state index contributed by atoms with van der Waals surface area (Å²) in [5.41, 5.74) is -4.52. The molecule has 0 amide bonds. The minimum Gasteiger partial charge on any atom is -0.493 e. The molecule has 0 bridgehead atoms. The number of alkyl halides is 5. The van der Waals surface area contributed by atoms with Gasteiger partial charge < -0.3 is 9.47 Å². The fraction of sp³-hybridized carbons (Fsp3) is 0.419. The van der Waals surface area contributed by atoms with E-state index in [0.717, 1.165) is 32.1 Å². The van der Waals surface area contributed by atoms with Crippen molar-refractivity contribution in [3.05, 3.63) is 82.2 Å². The van der Waals surface area contributed by atoms with Gasteiger partial charge in [0.25, 0.3) is 0 Å². The van der Waals surface area contributed by atoms with Gasteiger partial charge in [-0.2, -0.15) is 22.0 Å². The van der Waals surface area contributed by atoms with Crippen LogP contribution in [0.2, 0.25) is 0 Å². The third kappa shape index (κ3) is 6.28. The maximum Gasteiger partial charge on any atom is 0.432 e. The van der Waals surface area contributed by atoms with Crippen LogP contribution in [0.3, 0.4) is 0 Å². The highest BCUT2D eigenvalue weighted by Gasteiger charge is 2.43. The number of hydrogen-bond donors (Lipinski definition) is 0. The first-order valence-electron chi connectivity index (χ1n) is 13.8. The number of fused-ring (bicyclic) bond motifs is 1. The van der Waals surface area contributed by atoms with Crippen molar-refractivity contribution in [2.45, 2.75) is 57.7 Å². The molecule has 1 atom stereocenters. The molecule has 1 saturated carbocycles. The maximum atomic E-state index is 15.2. The zero-order valence-electron chi connectivity index (χ0n) is 22.7. The Balaban J connectivity index is 1.38. The monoisotopic (exact) mass is 620 g/mol. The number of hydrogen-bond acceptors (Lipinski definition) is 2. The Bertz CT molecular complexity index is 1460. The van der Waals surface area contributed by atoms with Crippen molar-refractivity contribution in [1.29, 1.82) is 0 Å². The summed E-state index contributed by atoms with van der Waals surface area (Å²) in [6.07, 6.45) is -4.32. The van der Waals surface area contributed by atoms with E-state index in [1.54, 1.807) is 0 Å². The predicted octanol–water partition coefficient (Wildman–Crippen LogP) is 9.96. The van der Waals surface area contributed by atoms with Crippen LogP contribution in [-0.4, -0.2) is 6.61 Å². The second-order valence-electron chi connectivity index (χ2n) is 11.1. The third-order valence-corrected chi connectivity index (χ3v) is 8.41. The normalized spacial score (nSPS) is 20.9. The topological polar surface area (TPSA) is 18.5 Å². The number of ether oxygens (including phenoxy) is 2. The second-order valence-corrected chi connectivity index (χ2v) is 11.1. The molecule has 2 aliphatic rings. The molecule has 0 N–H and O–H groups in total. The van der Waals surface area contributed by atoms with Gasteiger partial charge in [-0.25, -0.2) is 22.0 Å². The van der Waals surface area contributed by atoms with E-state index >= 15 is 4.39 Å². The Hall–Kier alpha value is -3.44. The highest BCUT2D eigenvalue weighted by molar-refractivity contribution is 5.68. The SMILES string of the molecule is CCC1CCC([C@@H]2COc3cc(-c4cc(F)c(C(F)(F)Oc5cc(F)c(C(F)(F)F)c(F)c5)c(F)c4)c(F)cc3C2)CC1. The van der Waals surface area contributed by atoms with Crippen molar-refractivity contribution in [3.8, 4) is 22.6 Å². The molecule has 0 spiro atoms. The average Bonchev–Trinajstić information content (AvgIpc) is 2.90. The molecular weight excluding hydrogens is 594 g/mol. The second kappa shape index (κ2) is 11.6. The van der Waals surface area contributed by atoms with Crippen LogP contribution in [0.5, 0.6) is 11.5 Å². The predicted molar refractivity (Wildman–Crippen MR) is 136 cm³/mol. The van der Waals surface area contributed by atoms with Crippen molar-refractivity contribution < 1.29 is 53.4 Å². The molecule has 0 unspecified atom stereocenters. The minimum atomic E-state index is -5.48. The zero-order valence-corrected chi connectivity index (χ0v) is 22.7. The van der Waals surface area contributed by atoms with Crippen LogP contribution in [0.1, 0.15) is 55.7 Å². The van der Waals surface area contributed by atoms with Gasteiger partial charge >= 0.3 is 12.3 Å². The minimum absolute atomic E-state index is 0.187. The Kier molecular flexibility index (Phi) is 8.34. The molecule has 5 rings (SSSR count). The van der Waals surface area contributed by atoms with Crippen LogP contribution in [-0.2, 0) is 18.7 Å². The van der Waals surface area contributed by atoms with Crippen molar-refractivity contribution in [1.82, 2.24) is 0 Å². The van der Waals surface area contributed by atoms with Gasteiger partial charge in [-0.05, 0) is 72.4 Å². The van der Waals surface area contributed by atoms with Gasteiger partial charge in [-0.3, -0.25) is 0 Å². The first-order chi connectivity index (χ1) is 20.2. The fourth-order valence-electron chi connectivity index (χ4n) is 6.10. The Labute approximate surface area is 240 Å². The van der Waals surface area contributed by atoms with Gasteiger partial charge in [0.15, 0.2) is 0 Å². The Morgan fingerprint density at radius 2 is 1.30 bits per heavy atom. The molecule has 3 aromatic rings. The maximum absolute atomic E-state index is 15.2. The van der Waals surface area contributed by atoms with Gasteiger partial charge in [0.05, 0.1) is 6.61 Å². The smallest absolute Gasteiger partial charge is 0.432 e. The molecule has 43 heavy (non-hydrogen) atoms. The third-order valence-electron chi connectivity index (χ3n) is 8.41. The van der Waals surface area contributed by atoms with E-state index in [2.05, 4.69) is 11.7 Å². The average molecular weight is 621 g/mol. The van der Waals surface area contributed by atoms with E-state index in [0.29, 0.717) is 48.3 Å². The lowest BCUT2D eigenvalue weighted by Gasteiger charge is -2.36. The Morgan fingerprint density at radius 3 is 1.86 bits per heavy atom. The lowest BCUT2D eigenvalue weighted by molar-refractivity contribution is -0.189. The summed E-state index contributed by atoms with van der Waals surface area (Å²) >= 11 is 0. The Morgan fingerprint density at radius 1 is 0.721 bits per heavy atom. The van der Waals surface area contributed by atoms with E-state index in [4.69, 9.17) is 4.74 Å². The lowest BCUT2D eigenvalue weighted by Crippen LogP contribution is -2.30. The molecule has 1 heterocycles. The molecule has 3 aromatic carbocycles. The van der Waals surface area contributed by atoms with E-state index in [-0.39, 0.29) is 23.6 Å². The molecule has 1 aliphatic carbocycles. The van der Waals surface area contributed by atoms with Crippen molar-refractivity contribution >= 4 is 0 Å². The summed E-state index contributed by atoms with van der Waals surface area (Å²) in [6.45, 7) is 2.56. The van der Waals surface area contributed by atoms with Crippen molar-refractivity contribution in [2.24, 2.45) is 17.8 Å². The van der Waals surface area contributed by atoms with Gasteiger partial charge in [-0.15, -0.1) is 0 Å². The summed E-state index contributed by atoms with van der Waals surface area (Å²) in [6, 6.07) is 2.91. The molecule has 12 heteroatoms. The highest BCUT2D eigenvalue weighted by Crippen LogP contribution is 2.43. The van der Waals surface area contributed by atoms with Crippen LogP contribution in [0.15, 0.2) is 36.4 Å². The van der Waals surface area contributed by atoms with E-state index < -0.39 is 63.8 Å². The molecule has 232 valence electrons. The van der Waals surface area contributed by atoms with Gasteiger partial charge in [0.1, 0.15) is 51.7 Å². The number of rotatable bonds is 6. The first kappa shape index (κ1) is 31.0. The van der Waals surface area contributed by atoms with Crippen molar-refractivity contribution in [3.63, 3.8) is 0 Å². The molecule has 1 fully saturated rings. The number of halogens is 10. The summed E-state index contributed by atoms with van der Waals surface area (Å²) < 4.78 is 150. The molecule has 1 aliphatic heterocycles. The quantitative estimate of drug-likeness (QED) is 0.256. The van der Waals surface area contributed by atoms with Crippen LogP contribution in [0, 0.1) is 46.8 Å². The van der Waals surface area contributed by atoms with Crippen LogP contribution < -0.4 is 9.47 Å². The standard InChI is InChI=1S/C31H26F10O2/c1-2-15-3-5-16(6-4-15)19-7-18-10-22(32)21(13-27(18)42-14-19)17-8-23(33)29(24(34)9-17)31(40,41)43-20-11-25(35)28(26(36)12-20)30(37,38)39/h8-13,15-16,19H,2-7,14H2,1H3/t15?,16?,19-/m0/s1. The van der Waals surface area contributed by atoms with Crippen LogP contribution >= 0.6 is 0 Å². The number of benzene rings is 3. The lowest BCUT2D eigenvalue weighted by atomic mass is 9.73. The highest BCUT2D eigenvalue weighted by atomic mass is 19.4. The molecule has 2 nitrogen and oxygen atoms in total. The largest absolute Gasteiger partial charge is 0.493 e. The summed E-state index contributed by atoms with van der Waals surface area (Å²) in [4.78, 5) is 0. The van der Waals surface area contributed by atoms with Gasteiger partial charge in [0, 0.05) is 17.7 Å².